The number of rotatable bonds is 10. The first-order valence-corrected chi connectivity index (χ1v) is 11.3. The first kappa shape index (κ1) is 21.9. The molecular weight excluding hydrogens is 368 g/mol. The summed E-state index contributed by atoms with van der Waals surface area (Å²) in [6.45, 7) is 6.80. The SMILES string of the molecule is CCNC(=NCC1(CCOC)CCCC1)NCCCn1nc2n(c1=O)CCCC2. The van der Waals surface area contributed by atoms with E-state index in [1.807, 2.05) is 4.57 Å². The molecule has 3 rings (SSSR count). The van der Waals surface area contributed by atoms with E-state index in [1.165, 1.54) is 25.7 Å². The highest BCUT2D eigenvalue weighted by molar-refractivity contribution is 5.79. The van der Waals surface area contributed by atoms with Gasteiger partial charge in [-0.3, -0.25) is 9.56 Å². The number of aliphatic imine (C=N–C) groups is 1. The summed E-state index contributed by atoms with van der Waals surface area (Å²) >= 11 is 0. The second-order valence-electron chi connectivity index (χ2n) is 8.46. The summed E-state index contributed by atoms with van der Waals surface area (Å²) in [6, 6.07) is 0. The molecule has 0 atom stereocenters. The van der Waals surface area contributed by atoms with E-state index in [4.69, 9.17) is 9.73 Å². The van der Waals surface area contributed by atoms with Crippen LogP contribution in [-0.2, 0) is 24.2 Å². The number of guanidine groups is 1. The van der Waals surface area contributed by atoms with Gasteiger partial charge in [-0.1, -0.05) is 12.8 Å². The van der Waals surface area contributed by atoms with Crippen LogP contribution < -0.4 is 16.3 Å². The van der Waals surface area contributed by atoms with Crippen LogP contribution in [0, 0.1) is 5.41 Å². The first-order valence-electron chi connectivity index (χ1n) is 11.3. The van der Waals surface area contributed by atoms with Gasteiger partial charge in [0.15, 0.2) is 5.96 Å². The van der Waals surface area contributed by atoms with Crippen molar-refractivity contribution >= 4 is 5.96 Å². The number of fused-ring (bicyclic) bond motifs is 1. The second-order valence-corrected chi connectivity index (χ2v) is 8.46. The fourth-order valence-electron chi connectivity index (χ4n) is 4.55. The Kier molecular flexibility index (Phi) is 8.15. The number of ether oxygens (including phenoxy) is 1. The number of methoxy groups -OCH3 is 1. The van der Waals surface area contributed by atoms with Gasteiger partial charge in [0.25, 0.3) is 0 Å². The third kappa shape index (κ3) is 5.84. The van der Waals surface area contributed by atoms with Crippen molar-refractivity contribution in [2.24, 2.45) is 10.4 Å². The summed E-state index contributed by atoms with van der Waals surface area (Å²) in [5, 5.41) is 11.3. The number of aryl methyl sites for hydroxylation is 2. The number of aromatic nitrogens is 3. The van der Waals surface area contributed by atoms with Crippen molar-refractivity contribution < 1.29 is 4.74 Å². The van der Waals surface area contributed by atoms with E-state index in [0.717, 1.165) is 76.7 Å². The minimum Gasteiger partial charge on any atom is -0.385 e. The van der Waals surface area contributed by atoms with Gasteiger partial charge in [0, 0.05) is 52.9 Å². The molecule has 1 aliphatic carbocycles. The third-order valence-electron chi connectivity index (χ3n) is 6.29. The molecule has 0 amide bonds. The maximum Gasteiger partial charge on any atom is 0.345 e. The normalized spacial score (nSPS) is 18.6. The van der Waals surface area contributed by atoms with Crippen LogP contribution in [0.2, 0.25) is 0 Å². The topological polar surface area (TPSA) is 85.5 Å². The molecule has 1 fully saturated rings. The molecule has 2 N–H and O–H groups in total. The maximum atomic E-state index is 12.4. The van der Waals surface area contributed by atoms with Crippen LogP contribution >= 0.6 is 0 Å². The van der Waals surface area contributed by atoms with Gasteiger partial charge in [0.2, 0.25) is 0 Å². The zero-order valence-electron chi connectivity index (χ0n) is 18.2. The molecule has 1 saturated carbocycles. The smallest absolute Gasteiger partial charge is 0.345 e. The monoisotopic (exact) mass is 406 g/mol. The van der Waals surface area contributed by atoms with Crippen LogP contribution in [0.15, 0.2) is 9.79 Å². The van der Waals surface area contributed by atoms with Crippen molar-refractivity contribution in [2.75, 3.05) is 33.4 Å². The fourth-order valence-corrected chi connectivity index (χ4v) is 4.55. The average molecular weight is 407 g/mol. The molecule has 0 saturated heterocycles. The molecule has 2 heterocycles. The maximum absolute atomic E-state index is 12.4. The van der Waals surface area contributed by atoms with Gasteiger partial charge in [-0.05, 0) is 50.9 Å². The molecule has 0 unspecified atom stereocenters. The quantitative estimate of drug-likeness (QED) is 0.352. The second kappa shape index (κ2) is 10.8. The number of hydrogen-bond acceptors (Lipinski definition) is 4. The molecule has 8 nitrogen and oxygen atoms in total. The summed E-state index contributed by atoms with van der Waals surface area (Å²) in [7, 11) is 1.78. The van der Waals surface area contributed by atoms with Crippen molar-refractivity contribution in [3.8, 4) is 0 Å². The highest BCUT2D eigenvalue weighted by Gasteiger charge is 2.33. The van der Waals surface area contributed by atoms with Gasteiger partial charge in [-0.2, -0.15) is 5.10 Å². The summed E-state index contributed by atoms with van der Waals surface area (Å²) in [6.07, 6.45) is 10.1. The predicted molar refractivity (Wildman–Crippen MR) is 115 cm³/mol. The van der Waals surface area contributed by atoms with Gasteiger partial charge < -0.3 is 15.4 Å². The number of hydrogen-bond donors (Lipinski definition) is 2. The Labute approximate surface area is 174 Å². The zero-order valence-corrected chi connectivity index (χ0v) is 18.2. The van der Waals surface area contributed by atoms with Gasteiger partial charge in [-0.15, -0.1) is 0 Å². The van der Waals surface area contributed by atoms with Crippen molar-refractivity contribution in [1.82, 2.24) is 25.0 Å². The third-order valence-corrected chi connectivity index (χ3v) is 6.29. The lowest BCUT2D eigenvalue weighted by Crippen LogP contribution is -2.39. The van der Waals surface area contributed by atoms with Crippen molar-refractivity contribution in [3.05, 3.63) is 16.3 Å². The lowest BCUT2D eigenvalue weighted by atomic mass is 9.83. The van der Waals surface area contributed by atoms with Crippen molar-refractivity contribution in [1.29, 1.82) is 0 Å². The summed E-state index contributed by atoms with van der Waals surface area (Å²) < 4.78 is 8.80. The molecule has 29 heavy (non-hydrogen) atoms. The highest BCUT2D eigenvalue weighted by atomic mass is 16.5. The van der Waals surface area contributed by atoms with Crippen molar-refractivity contribution in [2.45, 2.75) is 77.8 Å². The van der Waals surface area contributed by atoms with E-state index in [9.17, 15) is 4.79 Å². The van der Waals surface area contributed by atoms with Crippen LogP contribution in [0.4, 0.5) is 0 Å². The van der Waals surface area contributed by atoms with Crippen LogP contribution in [0.3, 0.4) is 0 Å². The molecule has 0 bridgehead atoms. The molecule has 0 aromatic carbocycles. The van der Waals surface area contributed by atoms with Gasteiger partial charge in [0.1, 0.15) is 5.82 Å². The predicted octanol–water partition coefficient (Wildman–Crippen LogP) is 1.92. The summed E-state index contributed by atoms with van der Waals surface area (Å²) in [5.74, 6) is 1.81. The summed E-state index contributed by atoms with van der Waals surface area (Å²) in [5.41, 5.74) is 0.336. The molecule has 164 valence electrons. The Morgan fingerprint density at radius 2 is 2.07 bits per heavy atom. The molecular formula is C21H38N6O2. The summed E-state index contributed by atoms with van der Waals surface area (Å²) in [4.78, 5) is 17.3. The molecule has 1 aromatic heterocycles. The molecule has 0 radical (unpaired) electrons. The molecule has 1 aliphatic heterocycles. The van der Waals surface area contributed by atoms with Gasteiger partial charge in [-0.25, -0.2) is 9.48 Å². The van der Waals surface area contributed by atoms with Crippen molar-refractivity contribution in [3.63, 3.8) is 0 Å². The Hall–Kier alpha value is -1.83. The largest absolute Gasteiger partial charge is 0.385 e. The van der Waals surface area contributed by atoms with E-state index >= 15 is 0 Å². The number of nitrogens with zero attached hydrogens (tertiary/aromatic N) is 4. The van der Waals surface area contributed by atoms with E-state index in [1.54, 1.807) is 11.8 Å². The van der Waals surface area contributed by atoms with E-state index < -0.39 is 0 Å². The zero-order chi connectivity index (χ0) is 20.5. The Bertz CT molecular complexity index is 717. The minimum atomic E-state index is 0.0431. The molecule has 0 spiro atoms. The van der Waals surface area contributed by atoms with Gasteiger partial charge in [0.05, 0.1) is 0 Å². The Morgan fingerprint density at radius 3 is 2.79 bits per heavy atom. The van der Waals surface area contributed by atoms with E-state index in [2.05, 4.69) is 22.7 Å². The van der Waals surface area contributed by atoms with Crippen LogP contribution in [0.5, 0.6) is 0 Å². The van der Waals surface area contributed by atoms with E-state index in [-0.39, 0.29) is 5.69 Å². The average Bonchev–Trinajstić information content (AvgIpc) is 3.33. The van der Waals surface area contributed by atoms with Gasteiger partial charge >= 0.3 is 5.69 Å². The van der Waals surface area contributed by atoms with Crippen LogP contribution in [-0.4, -0.2) is 53.7 Å². The van der Waals surface area contributed by atoms with Crippen LogP contribution in [0.1, 0.15) is 64.1 Å². The molecule has 1 aromatic rings. The fraction of sp³-hybridized carbons (Fsp3) is 0.857. The molecule has 2 aliphatic rings. The van der Waals surface area contributed by atoms with E-state index in [0.29, 0.717) is 12.0 Å². The highest BCUT2D eigenvalue weighted by Crippen LogP contribution is 2.41. The number of nitrogens with one attached hydrogen (secondary N) is 2. The van der Waals surface area contributed by atoms with Crippen LogP contribution in [0.25, 0.3) is 0 Å². The lowest BCUT2D eigenvalue weighted by molar-refractivity contribution is 0.141. The Balaban J connectivity index is 1.49. The first-order chi connectivity index (χ1) is 14.2. The Morgan fingerprint density at radius 1 is 1.24 bits per heavy atom. The minimum absolute atomic E-state index is 0.0431. The molecule has 8 heteroatoms. The lowest BCUT2D eigenvalue weighted by Gasteiger charge is -2.27. The standard InChI is InChI=1S/C21H38N6O2/c1-3-22-19(24-17-21(12-16-29-2)10-5-6-11-21)23-13-8-15-27-20(28)26-14-7-4-9-18(26)25-27/h3-17H2,1-2H3,(H2,22,23,24).